The van der Waals surface area contributed by atoms with Crippen molar-refractivity contribution in [2.24, 2.45) is 113 Å². The van der Waals surface area contributed by atoms with E-state index in [1.807, 2.05) is 0 Å². The molecule has 5 nitrogen and oxygen atoms in total. The second kappa shape index (κ2) is 14.5. The number of fused-ring (bicyclic) bond motifs is 14. The minimum Gasteiger partial charge on any atom is -0.481 e. The SMILES string of the molecule is C=C(C)[C@@H]1CC[C@]2(C(=O)O[C@H]3CC[C@@]4(C)C(CC[C@]5(C)[C@@H]4CC=C4[C@@H]6[C@@H](C)[C@H](C)CC[C@]6(C(=O)O)CC[C@]45C)C3(C)C)CC[C@]3(C)[C@H](CC[C@@H]4[C@@]5(C)CC[C@H](O)C(C)(C)[C@@H]5CC[C@]43C)[C@@H]12. The summed E-state index contributed by atoms with van der Waals surface area (Å²) in [4.78, 5) is 28.9. The number of hydrogen-bond donors (Lipinski definition) is 2. The van der Waals surface area contributed by atoms with Crippen LogP contribution >= 0.6 is 0 Å². The molecule has 9 saturated carbocycles. The molecule has 1 unspecified atom stereocenters. The van der Waals surface area contributed by atoms with Crippen molar-refractivity contribution in [1.29, 1.82) is 0 Å². The number of rotatable bonds is 4. The van der Waals surface area contributed by atoms with Crippen LogP contribution in [0.2, 0.25) is 0 Å². The van der Waals surface area contributed by atoms with Crippen LogP contribution < -0.4 is 0 Å². The molecule has 5 heteroatoms. The van der Waals surface area contributed by atoms with Crippen LogP contribution in [-0.2, 0) is 14.3 Å². The monoisotopic (exact) mass is 895 g/mol. The van der Waals surface area contributed by atoms with Gasteiger partial charge in [-0.15, -0.1) is 0 Å². The number of carboxylic acids is 1. The molecule has 10 rings (SSSR count). The molecule has 0 radical (unpaired) electrons. The van der Waals surface area contributed by atoms with Crippen molar-refractivity contribution in [2.45, 2.75) is 224 Å². The van der Waals surface area contributed by atoms with Gasteiger partial charge in [0.2, 0.25) is 0 Å². The largest absolute Gasteiger partial charge is 0.481 e. The third-order valence-corrected chi connectivity index (χ3v) is 27.1. The number of esters is 1. The molecule has 0 aliphatic heterocycles. The maximum atomic E-state index is 15.6. The number of allylic oxidation sites excluding steroid dienone is 3. The molecule has 0 bridgehead atoms. The fraction of sp³-hybridized carbons (Fsp3) is 0.900. The fourth-order valence-corrected chi connectivity index (χ4v) is 22.8. The summed E-state index contributed by atoms with van der Waals surface area (Å²) >= 11 is 0. The van der Waals surface area contributed by atoms with Crippen LogP contribution in [0.4, 0.5) is 0 Å². The number of aliphatic hydroxyl groups is 1. The molecule has 0 spiro atoms. The van der Waals surface area contributed by atoms with Gasteiger partial charge < -0.3 is 14.9 Å². The highest BCUT2D eigenvalue weighted by molar-refractivity contribution is 5.79. The molecule has 10 aliphatic carbocycles. The van der Waals surface area contributed by atoms with E-state index < -0.39 is 16.8 Å². The van der Waals surface area contributed by atoms with E-state index in [1.54, 1.807) is 0 Å². The Morgan fingerprint density at radius 3 is 1.92 bits per heavy atom. The molecule has 0 aromatic heterocycles. The molecule has 9 fully saturated rings. The maximum absolute atomic E-state index is 15.6. The Morgan fingerprint density at radius 1 is 0.631 bits per heavy atom. The van der Waals surface area contributed by atoms with Gasteiger partial charge in [-0.05, 0) is 226 Å². The predicted molar refractivity (Wildman–Crippen MR) is 261 cm³/mol. The fourth-order valence-electron chi connectivity index (χ4n) is 22.8. The van der Waals surface area contributed by atoms with Crippen molar-refractivity contribution in [1.82, 2.24) is 0 Å². The van der Waals surface area contributed by atoms with Crippen molar-refractivity contribution >= 4 is 11.9 Å². The zero-order valence-corrected chi connectivity index (χ0v) is 43.8. The minimum absolute atomic E-state index is 0.000974. The van der Waals surface area contributed by atoms with Gasteiger partial charge in [0.05, 0.1) is 16.9 Å². The average molecular weight is 895 g/mol. The number of aliphatic hydroxyl groups excluding tert-OH is 1. The van der Waals surface area contributed by atoms with Crippen LogP contribution in [0.15, 0.2) is 23.8 Å². The van der Waals surface area contributed by atoms with Crippen LogP contribution in [0.25, 0.3) is 0 Å². The lowest BCUT2D eigenvalue weighted by Crippen LogP contribution is -2.67. The van der Waals surface area contributed by atoms with Crippen LogP contribution in [-0.4, -0.2) is 34.4 Å². The van der Waals surface area contributed by atoms with Crippen molar-refractivity contribution in [3.63, 3.8) is 0 Å². The van der Waals surface area contributed by atoms with E-state index in [4.69, 9.17) is 4.74 Å². The van der Waals surface area contributed by atoms with Crippen molar-refractivity contribution in [3.8, 4) is 0 Å². The molecule has 10 aliphatic rings. The smallest absolute Gasteiger partial charge is 0.312 e. The van der Waals surface area contributed by atoms with E-state index in [9.17, 15) is 15.0 Å². The lowest BCUT2D eigenvalue weighted by molar-refractivity contribution is -0.252. The van der Waals surface area contributed by atoms with E-state index in [0.717, 1.165) is 96.3 Å². The maximum Gasteiger partial charge on any atom is 0.312 e. The van der Waals surface area contributed by atoms with Gasteiger partial charge in [0.1, 0.15) is 6.10 Å². The van der Waals surface area contributed by atoms with E-state index in [0.29, 0.717) is 53.3 Å². The second-order valence-electron chi connectivity index (χ2n) is 29.1. The first-order valence-corrected chi connectivity index (χ1v) is 27.7. The van der Waals surface area contributed by atoms with Gasteiger partial charge in [-0.25, -0.2) is 0 Å². The number of carboxylic acid groups (broad SMARTS) is 1. The van der Waals surface area contributed by atoms with Gasteiger partial charge in [-0.2, -0.15) is 0 Å². The molecule has 0 aromatic rings. The van der Waals surface area contributed by atoms with Crippen molar-refractivity contribution < 1.29 is 24.5 Å². The minimum atomic E-state index is -0.614. The van der Waals surface area contributed by atoms with E-state index in [2.05, 4.69) is 103 Å². The summed E-state index contributed by atoms with van der Waals surface area (Å²) in [5.41, 5.74) is 2.38. The summed E-state index contributed by atoms with van der Waals surface area (Å²) in [7, 11) is 0. The van der Waals surface area contributed by atoms with Crippen molar-refractivity contribution in [3.05, 3.63) is 23.8 Å². The zero-order valence-electron chi connectivity index (χ0n) is 43.8. The summed E-state index contributed by atoms with van der Waals surface area (Å²) in [6.07, 6.45) is 22.3. The first-order valence-electron chi connectivity index (χ1n) is 27.7. The molecule has 0 heterocycles. The Hall–Kier alpha value is -1.62. The highest BCUT2D eigenvalue weighted by Crippen LogP contribution is 2.79. The molecule has 364 valence electrons. The average Bonchev–Trinajstić information content (AvgIpc) is 3.64. The quantitative estimate of drug-likeness (QED) is 0.217. The molecule has 0 amide bonds. The second-order valence-corrected chi connectivity index (χ2v) is 29.1. The number of carbonyl (C=O) groups is 2. The summed E-state index contributed by atoms with van der Waals surface area (Å²) in [5, 5.41) is 22.2. The lowest BCUT2D eigenvalue weighted by Gasteiger charge is -2.72. The van der Waals surface area contributed by atoms with Crippen LogP contribution in [0.5, 0.6) is 0 Å². The Kier molecular flexibility index (Phi) is 10.5. The first-order chi connectivity index (χ1) is 30.2. The van der Waals surface area contributed by atoms with E-state index in [-0.39, 0.29) is 67.4 Å². The molecular weight excluding hydrogens is 801 g/mol. The summed E-state index contributed by atoms with van der Waals surface area (Å²) in [6, 6.07) is 0. The van der Waals surface area contributed by atoms with E-state index >= 15 is 4.79 Å². The van der Waals surface area contributed by atoms with Gasteiger partial charge in [0.15, 0.2) is 0 Å². The van der Waals surface area contributed by atoms with Gasteiger partial charge >= 0.3 is 11.9 Å². The third-order valence-electron chi connectivity index (χ3n) is 27.1. The van der Waals surface area contributed by atoms with Gasteiger partial charge in [0, 0.05) is 5.41 Å². The number of aliphatic carboxylic acids is 1. The standard InChI is InChI=1S/C60H94O5/c1-35(2)38-20-30-60(34-32-56(12)40(48(38)60)16-18-43-53(9)25-23-45(61)51(5,6)41(53)21-27-58(43,56)14)50(64)65-46-24-26-54(10)42(52(46,7)8)22-28-57(13)44(54)17-15-39-47-37(4)36(3)19-29-59(47,49(62)63)33-31-55(39,57)11/h15,36-38,40-48,61H,1,16-34H2,2-14H3,(H,62,63)/t36-,37+,38+,40-,41+,42?,43-,44-,45+,46+,47+,48-,53+,54+,55-,56-,57-,58-,59+,60+/m1/s1. The Morgan fingerprint density at radius 2 is 1.25 bits per heavy atom. The molecule has 0 aromatic carbocycles. The number of hydrogen-bond acceptors (Lipinski definition) is 4. The third kappa shape index (κ3) is 5.66. The molecule has 2 N–H and O–H groups in total. The highest BCUT2D eigenvalue weighted by atomic mass is 16.5. The predicted octanol–water partition coefficient (Wildman–Crippen LogP) is 14.7. The molecule has 65 heavy (non-hydrogen) atoms. The van der Waals surface area contributed by atoms with Crippen LogP contribution in [0.3, 0.4) is 0 Å². The summed E-state index contributed by atoms with van der Waals surface area (Å²) < 4.78 is 7.26. The van der Waals surface area contributed by atoms with Gasteiger partial charge in [0.25, 0.3) is 0 Å². The Bertz CT molecular complexity index is 2030. The van der Waals surface area contributed by atoms with E-state index in [1.165, 1.54) is 36.8 Å². The van der Waals surface area contributed by atoms with Crippen LogP contribution in [0.1, 0.15) is 212 Å². The molecule has 20 atom stereocenters. The zero-order chi connectivity index (χ0) is 47.1. The summed E-state index contributed by atoms with van der Waals surface area (Å²) in [5.74, 6) is 3.97. The number of ether oxygens (including phenoxy) is 1. The Balaban J connectivity index is 0.918. The highest BCUT2D eigenvalue weighted by Gasteiger charge is 2.74. The Labute approximate surface area is 396 Å². The van der Waals surface area contributed by atoms with Crippen molar-refractivity contribution in [2.75, 3.05) is 0 Å². The van der Waals surface area contributed by atoms with Crippen LogP contribution in [0, 0.1) is 113 Å². The number of carbonyl (C=O) groups excluding carboxylic acids is 1. The lowest BCUT2D eigenvalue weighted by atomic mass is 9.32. The molecular formula is C60H94O5. The normalized spacial score (nSPS) is 56.1. The summed E-state index contributed by atoms with van der Waals surface area (Å²) in [6.45, 7) is 37.1. The molecule has 0 saturated heterocycles. The van der Waals surface area contributed by atoms with Gasteiger partial charge in [-0.3, -0.25) is 9.59 Å². The van der Waals surface area contributed by atoms with Gasteiger partial charge in [-0.1, -0.05) is 107 Å². The first kappa shape index (κ1) is 47.1. The topological polar surface area (TPSA) is 83.8 Å².